The predicted octanol–water partition coefficient (Wildman–Crippen LogP) is 0.0695. The van der Waals surface area contributed by atoms with Crippen LogP contribution in [0.5, 0.6) is 0 Å². The number of rotatable bonds is 3. The molecule has 0 bridgehead atoms. The Morgan fingerprint density at radius 3 is 2.44 bits per heavy atom. The third kappa shape index (κ3) is 3.57. The smallest absolute Gasteiger partial charge is 0.407 e. The van der Waals surface area contributed by atoms with Gasteiger partial charge in [-0.1, -0.05) is 0 Å². The van der Waals surface area contributed by atoms with Gasteiger partial charge in [0.05, 0.1) is 12.7 Å². The largest absolute Gasteiger partial charge is 0.465 e. The second kappa shape index (κ2) is 6.36. The van der Waals surface area contributed by atoms with Crippen molar-refractivity contribution in [2.24, 2.45) is 5.92 Å². The van der Waals surface area contributed by atoms with E-state index in [9.17, 15) is 4.79 Å². The first-order chi connectivity index (χ1) is 8.69. The highest BCUT2D eigenvalue weighted by atomic mass is 16.5. The van der Waals surface area contributed by atoms with Gasteiger partial charge in [0.25, 0.3) is 0 Å². The Kier molecular flexibility index (Phi) is 4.79. The Morgan fingerprint density at radius 2 is 1.94 bits per heavy atom. The van der Waals surface area contributed by atoms with Crippen LogP contribution >= 0.6 is 0 Å². The zero-order valence-corrected chi connectivity index (χ0v) is 10.6. The SMILES string of the molecule is O=C(O)N1CCN(C[C@@H]2CC[C@@H](CO)CO2)CC1. The Bertz CT molecular complexity index is 271. The fourth-order valence-electron chi connectivity index (χ4n) is 2.56. The number of nitrogens with zero attached hydrogens (tertiary/aromatic N) is 2. The summed E-state index contributed by atoms with van der Waals surface area (Å²) in [4.78, 5) is 14.5. The van der Waals surface area contributed by atoms with Crippen LogP contribution < -0.4 is 0 Å². The van der Waals surface area contributed by atoms with Crippen LogP contribution in [0.2, 0.25) is 0 Å². The third-order valence-electron chi connectivity index (χ3n) is 3.83. The molecule has 2 fully saturated rings. The van der Waals surface area contributed by atoms with Crippen LogP contribution in [0.25, 0.3) is 0 Å². The Labute approximate surface area is 107 Å². The van der Waals surface area contributed by atoms with Crippen molar-refractivity contribution in [2.45, 2.75) is 18.9 Å². The fourth-order valence-corrected chi connectivity index (χ4v) is 2.56. The molecule has 0 unspecified atom stereocenters. The predicted molar refractivity (Wildman–Crippen MR) is 65.6 cm³/mol. The molecule has 2 N–H and O–H groups in total. The van der Waals surface area contributed by atoms with E-state index in [-0.39, 0.29) is 12.7 Å². The van der Waals surface area contributed by atoms with Crippen molar-refractivity contribution in [1.29, 1.82) is 0 Å². The van der Waals surface area contributed by atoms with E-state index in [1.165, 1.54) is 4.90 Å². The van der Waals surface area contributed by atoms with Crippen LogP contribution in [0.1, 0.15) is 12.8 Å². The van der Waals surface area contributed by atoms with Gasteiger partial charge in [-0.25, -0.2) is 4.79 Å². The lowest BCUT2D eigenvalue weighted by Gasteiger charge is -2.36. The first kappa shape index (κ1) is 13.6. The normalized spacial score (nSPS) is 30.4. The molecule has 2 saturated heterocycles. The minimum absolute atomic E-state index is 0.212. The number of aliphatic hydroxyl groups is 1. The van der Waals surface area contributed by atoms with Crippen LogP contribution in [-0.4, -0.2) is 78.1 Å². The summed E-state index contributed by atoms with van der Waals surface area (Å²) in [5.74, 6) is 0.296. The summed E-state index contributed by atoms with van der Waals surface area (Å²) in [6.07, 6.45) is 1.43. The lowest BCUT2D eigenvalue weighted by molar-refractivity contribution is -0.0478. The molecular weight excluding hydrogens is 236 g/mol. The molecule has 2 atom stereocenters. The second-order valence-corrected chi connectivity index (χ2v) is 5.15. The van der Waals surface area contributed by atoms with Gasteiger partial charge in [0.2, 0.25) is 0 Å². The lowest BCUT2D eigenvalue weighted by Crippen LogP contribution is -2.50. The Hall–Kier alpha value is -0.850. The van der Waals surface area contributed by atoms with E-state index in [2.05, 4.69) is 4.90 Å². The van der Waals surface area contributed by atoms with E-state index >= 15 is 0 Å². The number of ether oxygens (including phenoxy) is 1. The topological polar surface area (TPSA) is 73.2 Å². The molecule has 0 radical (unpaired) electrons. The molecule has 0 aromatic rings. The van der Waals surface area contributed by atoms with E-state index in [0.29, 0.717) is 25.6 Å². The number of hydrogen-bond donors (Lipinski definition) is 2. The Morgan fingerprint density at radius 1 is 1.22 bits per heavy atom. The van der Waals surface area contributed by atoms with Crippen LogP contribution in [-0.2, 0) is 4.74 Å². The Balaban J connectivity index is 1.67. The molecule has 18 heavy (non-hydrogen) atoms. The van der Waals surface area contributed by atoms with E-state index < -0.39 is 6.09 Å². The van der Waals surface area contributed by atoms with Gasteiger partial charge >= 0.3 is 6.09 Å². The molecule has 0 spiro atoms. The minimum atomic E-state index is -0.825. The molecule has 0 aliphatic carbocycles. The van der Waals surface area contributed by atoms with Crippen molar-refractivity contribution >= 4 is 6.09 Å². The summed E-state index contributed by atoms with van der Waals surface area (Å²) >= 11 is 0. The van der Waals surface area contributed by atoms with Crippen LogP contribution in [0.3, 0.4) is 0 Å². The summed E-state index contributed by atoms with van der Waals surface area (Å²) in [6, 6.07) is 0. The highest BCUT2D eigenvalue weighted by Gasteiger charge is 2.26. The zero-order valence-electron chi connectivity index (χ0n) is 10.6. The number of carboxylic acid groups (broad SMARTS) is 1. The summed E-state index contributed by atoms with van der Waals surface area (Å²) in [7, 11) is 0. The zero-order chi connectivity index (χ0) is 13.0. The number of aliphatic hydroxyl groups excluding tert-OH is 1. The molecule has 6 nitrogen and oxygen atoms in total. The third-order valence-corrected chi connectivity index (χ3v) is 3.83. The first-order valence-electron chi connectivity index (χ1n) is 6.61. The number of amides is 1. The van der Waals surface area contributed by atoms with Gasteiger partial charge < -0.3 is 19.8 Å². The van der Waals surface area contributed by atoms with Crippen molar-refractivity contribution in [3.8, 4) is 0 Å². The van der Waals surface area contributed by atoms with Gasteiger partial charge in [0, 0.05) is 45.2 Å². The van der Waals surface area contributed by atoms with Gasteiger partial charge in [-0.3, -0.25) is 4.90 Å². The van der Waals surface area contributed by atoms with Gasteiger partial charge in [0.1, 0.15) is 0 Å². The summed E-state index contributed by atoms with van der Waals surface area (Å²) < 4.78 is 5.73. The summed E-state index contributed by atoms with van der Waals surface area (Å²) in [6.45, 7) is 4.49. The van der Waals surface area contributed by atoms with E-state index in [1.54, 1.807) is 0 Å². The molecule has 1 amide bonds. The van der Waals surface area contributed by atoms with Crippen molar-refractivity contribution in [1.82, 2.24) is 9.80 Å². The highest BCUT2D eigenvalue weighted by molar-refractivity contribution is 5.65. The molecular formula is C12H22N2O4. The van der Waals surface area contributed by atoms with E-state index in [0.717, 1.165) is 32.5 Å². The average molecular weight is 258 g/mol. The minimum Gasteiger partial charge on any atom is -0.465 e. The van der Waals surface area contributed by atoms with Crippen molar-refractivity contribution in [2.75, 3.05) is 45.9 Å². The average Bonchev–Trinajstić information content (AvgIpc) is 2.40. The van der Waals surface area contributed by atoms with Gasteiger partial charge in [-0.15, -0.1) is 0 Å². The molecule has 104 valence electrons. The van der Waals surface area contributed by atoms with Crippen LogP contribution in [0, 0.1) is 5.92 Å². The van der Waals surface area contributed by atoms with E-state index in [1.807, 2.05) is 0 Å². The van der Waals surface area contributed by atoms with Gasteiger partial charge in [-0.05, 0) is 12.8 Å². The van der Waals surface area contributed by atoms with Crippen molar-refractivity contribution in [3.05, 3.63) is 0 Å². The molecule has 2 aliphatic heterocycles. The number of piperazine rings is 1. The molecule has 0 saturated carbocycles. The summed E-state index contributed by atoms with van der Waals surface area (Å²) in [5, 5.41) is 17.9. The van der Waals surface area contributed by atoms with Crippen LogP contribution in [0.4, 0.5) is 4.79 Å². The fraction of sp³-hybridized carbons (Fsp3) is 0.917. The quantitative estimate of drug-likeness (QED) is 0.749. The second-order valence-electron chi connectivity index (χ2n) is 5.15. The maximum Gasteiger partial charge on any atom is 0.407 e. The molecule has 2 aliphatic rings. The maximum atomic E-state index is 10.8. The number of carbonyl (C=O) groups is 1. The molecule has 2 heterocycles. The molecule has 0 aromatic heterocycles. The molecule has 2 rings (SSSR count). The monoisotopic (exact) mass is 258 g/mol. The lowest BCUT2D eigenvalue weighted by atomic mass is 9.99. The van der Waals surface area contributed by atoms with E-state index in [4.69, 9.17) is 14.9 Å². The van der Waals surface area contributed by atoms with Crippen molar-refractivity contribution < 1.29 is 19.7 Å². The standard InChI is InChI=1S/C12H22N2O4/c15-8-10-1-2-11(18-9-10)7-13-3-5-14(6-4-13)12(16)17/h10-11,15H,1-9H2,(H,16,17)/t10-,11-/m0/s1. The maximum absolute atomic E-state index is 10.8. The molecule has 6 heteroatoms. The van der Waals surface area contributed by atoms with Gasteiger partial charge in [0.15, 0.2) is 0 Å². The molecule has 0 aromatic carbocycles. The van der Waals surface area contributed by atoms with Gasteiger partial charge in [-0.2, -0.15) is 0 Å². The highest BCUT2D eigenvalue weighted by Crippen LogP contribution is 2.19. The number of hydrogen-bond acceptors (Lipinski definition) is 4. The van der Waals surface area contributed by atoms with Crippen molar-refractivity contribution in [3.63, 3.8) is 0 Å². The first-order valence-corrected chi connectivity index (χ1v) is 6.61. The summed E-state index contributed by atoms with van der Waals surface area (Å²) in [5.41, 5.74) is 0. The van der Waals surface area contributed by atoms with Crippen LogP contribution in [0.15, 0.2) is 0 Å².